The second-order valence-electron chi connectivity index (χ2n) is 6.38. The van der Waals surface area contributed by atoms with E-state index in [4.69, 9.17) is 4.74 Å². The van der Waals surface area contributed by atoms with Crippen molar-refractivity contribution in [3.63, 3.8) is 0 Å². The monoisotopic (exact) mass is 449 g/mol. The fourth-order valence-electron chi connectivity index (χ4n) is 3.36. The van der Waals surface area contributed by atoms with E-state index in [1.54, 1.807) is 0 Å². The number of halogens is 2. The van der Waals surface area contributed by atoms with Crippen molar-refractivity contribution >= 4 is 37.8 Å². The SMILES string of the molecule is O=C(NC1CCOc2ccc(Br)cc21)C1CC1c1ccc(Br)cc1. The van der Waals surface area contributed by atoms with Gasteiger partial charge in [-0.2, -0.15) is 0 Å². The third kappa shape index (κ3) is 3.24. The van der Waals surface area contributed by atoms with Gasteiger partial charge in [0, 0.05) is 26.8 Å². The van der Waals surface area contributed by atoms with Crippen molar-refractivity contribution in [1.82, 2.24) is 5.32 Å². The summed E-state index contributed by atoms with van der Waals surface area (Å²) in [5.74, 6) is 1.46. The summed E-state index contributed by atoms with van der Waals surface area (Å²) in [5, 5.41) is 3.23. The molecular formula is C19H17Br2NO2. The van der Waals surface area contributed by atoms with Crippen molar-refractivity contribution < 1.29 is 9.53 Å². The van der Waals surface area contributed by atoms with Gasteiger partial charge in [0.15, 0.2) is 0 Å². The Morgan fingerprint density at radius 1 is 1.08 bits per heavy atom. The Balaban J connectivity index is 1.45. The van der Waals surface area contributed by atoms with Crippen LogP contribution in [0.4, 0.5) is 0 Å². The van der Waals surface area contributed by atoms with E-state index in [-0.39, 0.29) is 17.9 Å². The van der Waals surface area contributed by atoms with Crippen LogP contribution in [0.3, 0.4) is 0 Å². The molecule has 4 rings (SSSR count). The highest BCUT2D eigenvalue weighted by Gasteiger charge is 2.44. The van der Waals surface area contributed by atoms with Crippen molar-refractivity contribution in [1.29, 1.82) is 0 Å². The minimum atomic E-state index is 0.0323. The van der Waals surface area contributed by atoms with Crippen molar-refractivity contribution in [3.8, 4) is 5.75 Å². The number of fused-ring (bicyclic) bond motifs is 1. The number of nitrogens with one attached hydrogen (secondary N) is 1. The summed E-state index contributed by atoms with van der Waals surface area (Å²) in [6.45, 7) is 0.639. The van der Waals surface area contributed by atoms with E-state index in [1.807, 2.05) is 30.3 Å². The van der Waals surface area contributed by atoms with Crippen LogP contribution in [0.2, 0.25) is 0 Å². The molecule has 0 saturated heterocycles. The van der Waals surface area contributed by atoms with Crippen molar-refractivity contribution in [2.45, 2.75) is 24.8 Å². The fourth-order valence-corrected chi connectivity index (χ4v) is 4.00. The first-order valence-corrected chi connectivity index (χ1v) is 9.68. The topological polar surface area (TPSA) is 38.3 Å². The molecule has 0 aromatic heterocycles. The van der Waals surface area contributed by atoms with Crippen LogP contribution in [-0.4, -0.2) is 12.5 Å². The van der Waals surface area contributed by atoms with E-state index in [0.717, 1.165) is 33.1 Å². The van der Waals surface area contributed by atoms with Crippen LogP contribution in [0.5, 0.6) is 5.75 Å². The zero-order valence-electron chi connectivity index (χ0n) is 13.0. The summed E-state index contributed by atoms with van der Waals surface area (Å²) >= 11 is 6.95. The lowest BCUT2D eigenvalue weighted by molar-refractivity contribution is -0.123. The lowest BCUT2D eigenvalue weighted by Gasteiger charge is -2.27. The number of rotatable bonds is 3. The van der Waals surface area contributed by atoms with Gasteiger partial charge in [-0.25, -0.2) is 0 Å². The van der Waals surface area contributed by atoms with Gasteiger partial charge in [0.2, 0.25) is 5.91 Å². The van der Waals surface area contributed by atoms with Crippen LogP contribution >= 0.6 is 31.9 Å². The molecule has 2 aliphatic rings. The molecule has 3 unspecified atom stereocenters. The van der Waals surface area contributed by atoms with E-state index in [1.165, 1.54) is 5.56 Å². The molecule has 5 heteroatoms. The van der Waals surface area contributed by atoms with Crippen LogP contribution < -0.4 is 10.1 Å². The standard InChI is InChI=1S/C19H17Br2NO2/c20-12-3-1-11(2-4-12)14-10-15(14)19(23)22-17-7-8-24-18-6-5-13(21)9-16(17)18/h1-6,9,14-15,17H,7-8,10H2,(H,22,23). The number of benzene rings is 2. The predicted molar refractivity (Wildman–Crippen MR) is 100 cm³/mol. The van der Waals surface area contributed by atoms with Crippen molar-refractivity contribution in [3.05, 3.63) is 62.5 Å². The molecule has 1 aliphatic carbocycles. The fraction of sp³-hybridized carbons (Fsp3) is 0.316. The summed E-state index contributed by atoms with van der Waals surface area (Å²) in [7, 11) is 0. The van der Waals surface area contributed by atoms with Gasteiger partial charge < -0.3 is 10.1 Å². The number of carbonyl (C=O) groups is 1. The first-order valence-electron chi connectivity index (χ1n) is 8.10. The molecular weight excluding hydrogens is 434 g/mol. The highest BCUT2D eigenvalue weighted by Crippen LogP contribution is 2.48. The average molecular weight is 451 g/mol. The third-order valence-electron chi connectivity index (χ3n) is 4.75. The second kappa shape index (κ2) is 6.52. The number of hydrogen-bond donors (Lipinski definition) is 1. The number of carbonyl (C=O) groups excluding carboxylic acids is 1. The molecule has 1 N–H and O–H groups in total. The maximum absolute atomic E-state index is 12.6. The summed E-state index contributed by atoms with van der Waals surface area (Å²) < 4.78 is 7.76. The Bertz CT molecular complexity index is 775. The molecule has 24 heavy (non-hydrogen) atoms. The van der Waals surface area contributed by atoms with Gasteiger partial charge in [0.25, 0.3) is 0 Å². The van der Waals surface area contributed by atoms with E-state index < -0.39 is 0 Å². The minimum Gasteiger partial charge on any atom is -0.493 e. The van der Waals surface area contributed by atoms with E-state index in [0.29, 0.717) is 12.5 Å². The highest BCUT2D eigenvalue weighted by molar-refractivity contribution is 9.10. The summed E-state index contributed by atoms with van der Waals surface area (Å²) in [4.78, 5) is 12.6. The molecule has 2 aromatic carbocycles. The molecule has 3 nitrogen and oxygen atoms in total. The third-order valence-corrected chi connectivity index (χ3v) is 5.78. The predicted octanol–water partition coefficient (Wildman–Crippen LogP) is 4.96. The molecule has 1 fully saturated rings. The maximum Gasteiger partial charge on any atom is 0.224 e. The van der Waals surface area contributed by atoms with Crippen molar-refractivity contribution in [2.24, 2.45) is 5.92 Å². The molecule has 1 heterocycles. The Morgan fingerprint density at radius 3 is 2.62 bits per heavy atom. The molecule has 1 saturated carbocycles. The van der Waals surface area contributed by atoms with Gasteiger partial charge in [-0.1, -0.05) is 44.0 Å². The molecule has 3 atom stereocenters. The Labute approximate surface area is 158 Å². The molecule has 0 radical (unpaired) electrons. The Morgan fingerprint density at radius 2 is 1.83 bits per heavy atom. The summed E-state index contributed by atoms with van der Waals surface area (Å²) in [6.07, 6.45) is 1.74. The number of amides is 1. The Hall–Kier alpha value is -1.33. The molecule has 124 valence electrons. The average Bonchev–Trinajstić information content (AvgIpc) is 3.37. The lowest BCUT2D eigenvalue weighted by Crippen LogP contribution is -2.33. The van der Waals surface area contributed by atoms with Gasteiger partial charge >= 0.3 is 0 Å². The van der Waals surface area contributed by atoms with Gasteiger partial charge in [-0.05, 0) is 48.2 Å². The zero-order valence-corrected chi connectivity index (χ0v) is 16.1. The van der Waals surface area contributed by atoms with Gasteiger partial charge in [0.05, 0.1) is 12.6 Å². The van der Waals surface area contributed by atoms with Crippen LogP contribution in [0.15, 0.2) is 51.4 Å². The first kappa shape index (κ1) is 16.2. The smallest absolute Gasteiger partial charge is 0.224 e. The van der Waals surface area contributed by atoms with Crippen molar-refractivity contribution in [2.75, 3.05) is 6.61 Å². The maximum atomic E-state index is 12.6. The Kier molecular flexibility index (Phi) is 4.39. The normalized spacial score (nSPS) is 24.7. The largest absolute Gasteiger partial charge is 0.493 e. The van der Waals surface area contributed by atoms with Gasteiger partial charge in [-0.15, -0.1) is 0 Å². The molecule has 0 spiro atoms. The van der Waals surface area contributed by atoms with Gasteiger partial charge in [0.1, 0.15) is 5.75 Å². The number of ether oxygens (including phenoxy) is 1. The van der Waals surface area contributed by atoms with Crippen LogP contribution in [-0.2, 0) is 4.79 Å². The zero-order chi connectivity index (χ0) is 16.7. The van der Waals surface area contributed by atoms with Gasteiger partial charge in [-0.3, -0.25) is 4.79 Å². The summed E-state index contributed by atoms with van der Waals surface area (Å²) in [5.41, 5.74) is 2.30. The summed E-state index contributed by atoms with van der Waals surface area (Å²) in [6, 6.07) is 14.3. The lowest BCUT2D eigenvalue weighted by atomic mass is 10.00. The van der Waals surface area contributed by atoms with E-state index >= 15 is 0 Å². The van der Waals surface area contributed by atoms with Crippen LogP contribution in [0.1, 0.15) is 35.9 Å². The van der Waals surface area contributed by atoms with E-state index in [9.17, 15) is 4.79 Å². The molecule has 2 aromatic rings. The van der Waals surface area contributed by atoms with Crippen LogP contribution in [0, 0.1) is 5.92 Å². The first-order chi connectivity index (χ1) is 11.6. The molecule has 1 amide bonds. The second-order valence-corrected chi connectivity index (χ2v) is 8.21. The molecule has 1 aliphatic heterocycles. The van der Waals surface area contributed by atoms with E-state index in [2.05, 4.69) is 49.3 Å². The number of hydrogen-bond acceptors (Lipinski definition) is 2. The molecule has 0 bridgehead atoms. The quantitative estimate of drug-likeness (QED) is 0.717. The highest BCUT2D eigenvalue weighted by atomic mass is 79.9. The minimum absolute atomic E-state index is 0.0323. The van der Waals surface area contributed by atoms with Crippen LogP contribution in [0.25, 0.3) is 0 Å².